The summed E-state index contributed by atoms with van der Waals surface area (Å²) in [5, 5.41) is 0. The van der Waals surface area contributed by atoms with Crippen LogP contribution in [0.1, 0.15) is 21.5 Å². The summed E-state index contributed by atoms with van der Waals surface area (Å²) in [6.07, 6.45) is 0. The summed E-state index contributed by atoms with van der Waals surface area (Å²) in [6, 6.07) is 9.48. The van der Waals surface area contributed by atoms with Crippen molar-refractivity contribution in [3.63, 3.8) is 0 Å². The molecule has 20 heavy (non-hydrogen) atoms. The van der Waals surface area contributed by atoms with E-state index in [1.54, 1.807) is 31.2 Å². The highest BCUT2D eigenvalue weighted by Gasteiger charge is 2.22. The quantitative estimate of drug-likeness (QED) is 0.802. The number of ketones is 1. The molecule has 0 bridgehead atoms. The van der Waals surface area contributed by atoms with Crippen molar-refractivity contribution in [3.8, 4) is 11.5 Å². The van der Waals surface area contributed by atoms with Gasteiger partial charge in [0.15, 0.2) is 0 Å². The first-order valence-electron chi connectivity index (χ1n) is 6.10. The smallest absolute Gasteiger partial charge is 0.203 e. The molecule has 2 rings (SSSR count). The summed E-state index contributed by atoms with van der Waals surface area (Å²) in [7, 11) is 2.91. The van der Waals surface area contributed by atoms with Gasteiger partial charge in [0, 0.05) is 0 Å². The van der Waals surface area contributed by atoms with E-state index in [4.69, 9.17) is 9.47 Å². The summed E-state index contributed by atoms with van der Waals surface area (Å²) in [6.45, 7) is 1.76. The Morgan fingerprint density at radius 3 is 2.15 bits per heavy atom. The maximum Gasteiger partial charge on any atom is 0.203 e. The highest BCUT2D eigenvalue weighted by molar-refractivity contribution is 6.12. The van der Waals surface area contributed by atoms with Crippen LogP contribution in [0, 0.1) is 12.7 Å². The molecule has 104 valence electrons. The van der Waals surface area contributed by atoms with Crippen LogP contribution in [-0.4, -0.2) is 20.0 Å². The molecule has 0 aromatic heterocycles. The number of aryl methyl sites for hydroxylation is 1. The fourth-order valence-corrected chi connectivity index (χ4v) is 2.01. The Morgan fingerprint density at radius 2 is 1.65 bits per heavy atom. The van der Waals surface area contributed by atoms with Gasteiger partial charge < -0.3 is 9.47 Å². The molecule has 0 spiro atoms. The molecule has 3 nitrogen and oxygen atoms in total. The van der Waals surface area contributed by atoms with Gasteiger partial charge in [-0.2, -0.15) is 0 Å². The molecule has 0 unspecified atom stereocenters. The Balaban J connectivity index is 2.58. The Morgan fingerprint density at radius 1 is 1.05 bits per heavy atom. The van der Waals surface area contributed by atoms with Crippen molar-refractivity contribution in [1.29, 1.82) is 0 Å². The van der Waals surface area contributed by atoms with Crippen LogP contribution in [0.5, 0.6) is 11.5 Å². The van der Waals surface area contributed by atoms with E-state index in [2.05, 4.69) is 0 Å². The lowest BCUT2D eigenvalue weighted by atomic mass is 10.00. The second-order valence-corrected chi connectivity index (χ2v) is 4.35. The minimum absolute atomic E-state index is 0.00148. The van der Waals surface area contributed by atoms with Crippen LogP contribution in [0.15, 0.2) is 36.4 Å². The van der Waals surface area contributed by atoms with Crippen LogP contribution in [0.4, 0.5) is 4.39 Å². The van der Waals surface area contributed by atoms with E-state index in [0.29, 0.717) is 11.5 Å². The highest BCUT2D eigenvalue weighted by Crippen LogP contribution is 2.31. The SMILES string of the molecule is COc1cccc(OC)c1C(=O)c1ccc(C)cc1F. The summed E-state index contributed by atoms with van der Waals surface area (Å²) in [5.74, 6) is -0.302. The number of ether oxygens (including phenoxy) is 2. The van der Waals surface area contributed by atoms with Gasteiger partial charge in [0.1, 0.15) is 22.9 Å². The topological polar surface area (TPSA) is 35.5 Å². The van der Waals surface area contributed by atoms with E-state index in [-0.39, 0.29) is 11.1 Å². The van der Waals surface area contributed by atoms with Crippen molar-refractivity contribution in [1.82, 2.24) is 0 Å². The first-order valence-corrected chi connectivity index (χ1v) is 6.10. The number of hydrogen-bond donors (Lipinski definition) is 0. The lowest BCUT2D eigenvalue weighted by molar-refractivity contribution is 0.102. The van der Waals surface area contributed by atoms with Crippen LogP contribution in [0.3, 0.4) is 0 Å². The molecule has 0 fully saturated rings. The molecule has 0 amide bonds. The number of benzene rings is 2. The minimum atomic E-state index is -0.553. The normalized spacial score (nSPS) is 10.2. The average molecular weight is 274 g/mol. The zero-order valence-electron chi connectivity index (χ0n) is 11.6. The maximum absolute atomic E-state index is 14.0. The van der Waals surface area contributed by atoms with Crippen molar-refractivity contribution >= 4 is 5.78 Å². The van der Waals surface area contributed by atoms with Gasteiger partial charge in [-0.1, -0.05) is 12.1 Å². The molecule has 0 atom stereocenters. The minimum Gasteiger partial charge on any atom is -0.496 e. The van der Waals surface area contributed by atoms with Crippen LogP contribution in [0.2, 0.25) is 0 Å². The molecule has 0 saturated heterocycles. The number of methoxy groups -OCH3 is 2. The van der Waals surface area contributed by atoms with Gasteiger partial charge in [-0.3, -0.25) is 4.79 Å². The lowest BCUT2D eigenvalue weighted by Crippen LogP contribution is -2.08. The predicted octanol–water partition coefficient (Wildman–Crippen LogP) is 3.38. The number of carbonyl (C=O) groups is 1. The Kier molecular flexibility index (Phi) is 4.03. The third kappa shape index (κ3) is 2.50. The fourth-order valence-electron chi connectivity index (χ4n) is 2.01. The largest absolute Gasteiger partial charge is 0.496 e. The van der Waals surface area contributed by atoms with Gasteiger partial charge >= 0.3 is 0 Å². The van der Waals surface area contributed by atoms with E-state index < -0.39 is 11.6 Å². The molecule has 2 aromatic rings. The molecule has 4 heteroatoms. The molecule has 0 heterocycles. The van der Waals surface area contributed by atoms with E-state index >= 15 is 0 Å². The van der Waals surface area contributed by atoms with Gasteiger partial charge in [-0.25, -0.2) is 4.39 Å². The standard InChI is InChI=1S/C16H15FO3/c1-10-7-8-11(12(17)9-10)16(18)15-13(19-2)5-4-6-14(15)20-3/h4-9H,1-3H3. The van der Waals surface area contributed by atoms with Gasteiger partial charge in [-0.15, -0.1) is 0 Å². The number of halogens is 1. The van der Waals surface area contributed by atoms with Crippen LogP contribution in [0.25, 0.3) is 0 Å². The number of hydrogen-bond acceptors (Lipinski definition) is 3. The molecule has 0 saturated carbocycles. The predicted molar refractivity (Wildman–Crippen MR) is 74.1 cm³/mol. The third-order valence-electron chi connectivity index (χ3n) is 3.02. The van der Waals surface area contributed by atoms with Crippen molar-refractivity contribution < 1.29 is 18.7 Å². The Bertz CT molecular complexity index is 628. The molecular weight excluding hydrogens is 259 g/mol. The fraction of sp³-hybridized carbons (Fsp3) is 0.188. The summed E-state index contributed by atoms with van der Waals surface area (Å²) < 4.78 is 24.3. The van der Waals surface area contributed by atoms with Crippen molar-refractivity contribution in [3.05, 3.63) is 58.9 Å². The summed E-state index contributed by atoms with van der Waals surface area (Å²) >= 11 is 0. The molecular formula is C16H15FO3. The highest BCUT2D eigenvalue weighted by atomic mass is 19.1. The average Bonchev–Trinajstić information content (AvgIpc) is 2.45. The zero-order valence-corrected chi connectivity index (χ0v) is 11.6. The van der Waals surface area contributed by atoms with Gasteiger partial charge in [0.2, 0.25) is 5.78 Å². The third-order valence-corrected chi connectivity index (χ3v) is 3.02. The van der Waals surface area contributed by atoms with E-state index in [9.17, 15) is 9.18 Å². The lowest BCUT2D eigenvalue weighted by Gasteiger charge is -2.12. The van der Waals surface area contributed by atoms with Gasteiger partial charge in [0.05, 0.1) is 19.8 Å². The summed E-state index contributed by atoms with van der Waals surface area (Å²) in [4.78, 5) is 12.5. The van der Waals surface area contributed by atoms with E-state index in [0.717, 1.165) is 5.56 Å². The monoisotopic (exact) mass is 274 g/mol. The molecule has 0 aliphatic carbocycles. The maximum atomic E-state index is 14.0. The Hall–Kier alpha value is -2.36. The van der Waals surface area contributed by atoms with Crippen molar-refractivity contribution in [2.24, 2.45) is 0 Å². The number of rotatable bonds is 4. The molecule has 0 N–H and O–H groups in total. The first kappa shape index (κ1) is 14.1. The van der Waals surface area contributed by atoms with Gasteiger partial charge in [0.25, 0.3) is 0 Å². The van der Waals surface area contributed by atoms with Crippen LogP contribution < -0.4 is 9.47 Å². The first-order chi connectivity index (χ1) is 9.58. The second-order valence-electron chi connectivity index (χ2n) is 4.35. The zero-order chi connectivity index (χ0) is 14.7. The van der Waals surface area contributed by atoms with Crippen LogP contribution >= 0.6 is 0 Å². The summed E-state index contributed by atoms with van der Waals surface area (Å²) in [5.41, 5.74) is 0.977. The van der Waals surface area contributed by atoms with Crippen LogP contribution in [-0.2, 0) is 0 Å². The molecule has 0 aliphatic heterocycles. The van der Waals surface area contributed by atoms with Gasteiger partial charge in [-0.05, 0) is 36.8 Å². The van der Waals surface area contributed by atoms with E-state index in [1.807, 2.05) is 0 Å². The van der Waals surface area contributed by atoms with Crippen molar-refractivity contribution in [2.75, 3.05) is 14.2 Å². The molecule has 2 aromatic carbocycles. The Labute approximate surface area is 117 Å². The molecule has 0 radical (unpaired) electrons. The second kappa shape index (κ2) is 5.74. The van der Waals surface area contributed by atoms with Crippen molar-refractivity contribution in [2.45, 2.75) is 6.92 Å². The number of carbonyl (C=O) groups excluding carboxylic acids is 1. The van der Waals surface area contributed by atoms with E-state index in [1.165, 1.54) is 26.4 Å². The molecule has 0 aliphatic rings.